The van der Waals surface area contributed by atoms with Gasteiger partial charge in [0.15, 0.2) is 4.77 Å². The summed E-state index contributed by atoms with van der Waals surface area (Å²) in [4.78, 5) is 5.64. The van der Waals surface area contributed by atoms with E-state index in [0.717, 1.165) is 42.3 Å². The Bertz CT molecular complexity index is 708. The van der Waals surface area contributed by atoms with Gasteiger partial charge in [-0.25, -0.2) is 0 Å². The predicted octanol–water partition coefficient (Wildman–Crippen LogP) is 5.41. The predicted molar refractivity (Wildman–Crippen MR) is 113 cm³/mol. The monoisotopic (exact) mass is 360 g/mol. The Morgan fingerprint density at radius 2 is 1.76 bits per heavy atom. The quantitative estimate of drug-likeness (QED) is 0.566. The molecule has 4 nitrogen and oxygen atoms in total. The van der Waals surface area contributed by atoms with Gasteiger partial charge in [0.25, 0.3) is 0 Å². The van der Waals surface area contributed by atoms with Crippen molar-refractivity contribution < 1.29 is 0 Å². The van der Waals surface area contributed by atoms with Crippen molar-refractivity contribution in [2.45, 2.75) is 40.5 Å². The Labute approximate surface area is 157 Å². The van der Waals surface area contributed by atoms with Crippen molar-refractivity contribution in [1.82, 2.24) is 14.5 Å². The molecule has 0 radical (unpaired) electrons. The number of aromatic amines is 1. The summed E-state index contributed by atoms with van der Waals surface area (Å²) >= 11 is 5.42. The van der Waals surface area contributed by atoms with Crippen molar-refractivity contribution in [3.63, 3.8) is 0 Å². The molecule has 1 aliphatic heterocycles. The van der Waals surface area contributed by atoms with Crippen LogP contribution in [0.2, 0.25) is 0 Å². The molecule has 0 aliphatic carbocycles. The highest BCUT2D eigenvalue weighted by Gasteiger charge is 2.14. The van der Waals surface area contributed by atoms with Crippen LogP contribution in [0.1, 0.15) is 40.5 Å². The fourth-order valence-corrected chi connectivity index (χ4v) is 3.08. The van der Waals surface area contributed by atoms with Crippen LogP contribution in [0.5, 0.6) is 0 Å². The van der Waals surface area contributed by atoms with Crippen molar-refractivity contribution in [2.24, 2.45) is 0 Å². The molecule has 1 aliphatic rings. The number of aromatic nitrogens is 2. The average molecular weight is 361 g/mol. The molecule has 0 saturated carbocycles. The zero-order valence-electron chi connectivity index (χ0n) is 16.0. The fourth-order valence-electron chi connectivity index (χ4n) is 2.78. The Hall–Kier alpha value is -1.85. The van der Waals surface area contributed by atoms with Gasteiger partial charge in [0, 0.05) is 29.7 Å². The van der Waals surface area contributed by atoms with Crippen LogP contribution >= 0.6 is 12.2 Å². The third kappa shape index (κ3) is 5.58. The molecule has 0 unspecified atom stereocenters. The number of H-pyrrole nitrogens is 1. The number of nitrogen functional groups attached to an aromatic ring is 1. The Morgan fingerprint density at radius 1 is 1.16 bits per heavy atom. The summed E-state index contributed by atoms with van der Waals surface area (Å²) in [5.41, 5.74) is 9.67. The number of nitrogens with zero attached hydrogens (tertiary/aromatic N) is 2. The topological polar surface area (TPSA) is 50.0 Å². The number of nitrogens with one attached hydrogen (secondary N) is 1. The molecule has 0 atom stereocenters. The maximum absolute atomic E-state index is 6.03. The first kappa shape index (κ1) is 21.2. The molecule has 2 heterocycles. The van der Waals surface area contributed by atoms with Crippen LogP contribution in [0.3, 0.4) is 0 Å². The molecule has 2 aromatic rings. The minimum Gasteiger partial charge on any atom is -0.398 e. The second-order valence-corrected chi connectivity index (χ2v) is 5.87. The molecule has 1 aromatic carbocycles. The van der Waals surface area contributed by atoms with E-state index in [9.17, 15) is 0 Å². The smallest absolute Gasteiger partial charge is 0.182 e. The number of rotatable bonds is 4. The SMILES string of the molecule is C=C(CN1CCCC1)n1cc(-c2ccccc2N)[nH]c1=S.CC.CC. The van der Waals surface area contributed by atoms with Crippen molar-refractivity contribution >= 4 is 23.6 Å². The van der Waals surface area contributed by atoms with Gasteiger partial charge in [0.05, 0.1) is 5.69 Å². The number of benzene rings is 1. The molecule has 1 aromatic heterocycles. The standard InChI is InChI=1S/C16H20N4S.2C2H6/c1-12(10-19-8-4-5-9-19)20-11-15(18-16(20)21)13-6-2-3-7-14(13)17;2*1-2/h2-3,6-7,11H,1,4-5,8-10,17H2,(H,18,21);2*1-2H3. The van der Waals surface area contributed by atoms with Gasteiger partial charge in [-0.15, -0.1) is 0 Å². The second-order valence-electron chi connectivity index (χ2n) is 5.48. The van der Waals surface area contributed by atoms with Gasteiger partial charge in [0.1, 0.15) is 0 Å². The highest BCUT2D eigenvalue weighted by molar-refractivity contribution is 7.71. The maximum Gasteiger partial charge on any atom is 0.182 e. The lowest BCUT2D eigenvalue weighted by molar-refractivity contribution is 0.378. The summed E-state index contributed by atoms with van der Waals surface area (Å²) in [5, 5.41) is 0. The van der Waals surface area contributed by atoms with Crippen LogP contribution in [0, 0.1) is 4.77 Å². The Kier molecular flexibility index (Phi) is 9.24. The molecule has 0 bridgehead atoms. The highest BCUT2D eigenvalue weighted by atomic mass is 32.1. The van der Waals surface area contributed by atoms with Crippen LogP contribution in [-0.2, 0) is 0 Å². The van der Waals surface area contributed by atoms with Gasteiger partial charge in [-0.1, -0.05) is 52.5 Å². The van der Waals surface area contributed by atoms with E-state index in [0.29, 0.717) is 4.77 Å². The van der Waals surface area contributed by atoms with Crippen LogP contribution in [0.15, 0.2) is 37.0 Å². The first-order chi connectivity index (χ1) is 12.1. The Balaban J connectivity index is 0.000000730. The maximum atomic E-state index is 6.03. The summed E-state index contributed by atoms with van der Waals surface area (Å²) in [5.74, 6) is 0. The molecule has 0 spiro atoms. The number of imidazole rings is 1. The van der Waals surface area contributed by atoms with Gasteiger partial charge < -0.3 is 10.7 Å². The third-order valence-corrected chi connectivity index (χ3v) is 4.21. The van der Waals surface area contributed by atoms with Crippen molar-refractivity contribution in [1.29, 1.82) is 0 Å². The number of hydrogen-bond donors (Lipinski definition) is 2. The number of anilines is 1. The molecule has 1 fully saturated rings. The van der Waals surface area contributed by atoms with E-state index in [1.807, 2.05) is 62.7 Å². The summed E-state index contributed by atoms with van der Waals surface area (Å²) in [7, 11) is 0. The average Bonchev–Trinajstić information content (AvgIpc) is 3.28. The van der Waals surface area contributed by atoms with E-state index in [-0.39, 0.29) is 0 Å². The zero-order valence-corrected chi connectivity index (χ0v) is 16.8. The van der Waals surface area contributed by atoms with Crippen LogP contribution in [0.25, 0.3) is 17.0 Å². The molecule has 3 N–H and O–H groups in total. The van der Waals surface area contributed by atoms with Crippen LogP contribution < -0.4 is 5.73 Å². The second kappa shape index (κ2) is 10.9. The number of para-hydroxylation sites is 1. The first-order valence-corrected chi connectivity index (χ1v) is 9.63. The van der Waals surface area contributed by atoms with Gasteiger partial charge in [-0.05, 0) is 44.2 Å². The van der Waals surface area contributed by atoms with Crippen molar-refractivity contribution in [3.8, 4) is 11.3 Å². The lowest BCUT2D eigenvalue weighted by atomic mass is 10.1. The van der Waals surface area contributed by atoms with E-state index in [1.165, 1.54) is 12.8 Å². The van der Waals surface area contributed by atoms with E-state index in [1.54, 1.807) is 0 Å². The molecule has 138 valence electrons. The van der Waals surface area contributed by atoms with E-state index < -0.39 is 0 Å². The molecule has 25 heavy (non-hydrogen) atoms. The lowest BCUT2D eigenvalue weighted by Crippen LogP contribution is -2.22. The zero-order chi connectivity index (χ0) is 18.8. The van der Waals surface area contributed by atoms with E-state index in [2.05, 4.69) is 16.5 Å². The minimum atomic E-state index is 0.664. The highest BCUT2D eigenvalue weighted by Crippen LogP contribution is 2.25. The number of hydrogen-bond acceptors (Lipinski definition) is 3. The fraction of sp³-hybridized carbons (Fsp3) is 0.450. The lowest BCUT2D eigenvalue weighted by Gasteiger charge is -2.16. The van der Waals surface area contributed by atoms with E-state index >= 15 is 0 Å². The summed E-state index contributed by atoms with van der Waals surface area (Å²) in [6, 6.07) is 7.78. The molecular weight excluding hydrogens is 328 g/mol. The minimum absolute atomic E-state index is 0.664. The van der Waals surface area contributed by atoms with Gasteiger partial charge in [-0.2, -0.15) is 0 Å². The first-order valence-electron chi connectivity index (χ1n) is 9.22. The summed E-state index contributed by atoms with van der Waals surface area (Å²) in [6.45, 7) is 15.3. The largest absolute Gasteiger partial charge is 0.398 e. The van der Waals surface area contributed by atoms with E-state index in [4.69, 9.17) is 18.0 Å². The molecule has 1 saturated heterocycles. The normalized spacial score (nSPS) is 13.4. The number of likely N-dealkylation sites (tertiary alicyclic amines) is 1. The summed E-state index contributed by atoms with van der Waals surface area (Å²) in [6.07, 6.45) is 4.54. The van der Waals surface area contributed by atoms with Gasteiger partial charge in [-0.3, -0.25) is 9.47 Å². The van der Waals surface area contributed by atoms with Gasteiger partial charge in [0.2, 0.25) is 0 Å². The van der Waals surface area contributed by atoms with Crippen molar-refractivity contribution in [3.05, 3.63) is 41.8 Å². The van der Waals surface area contributed by atoms with Crippen LogP contribution in [0.4, 0.5) is 5.69 Å². The Morgan fingerprint density at radius 3 is 2.36 bits per heavy atom. The number of nitrogens with two attached hydrogens (primary N) is 1. The molecular formula is C20H32N4S. The van der Waals surface area contributed by atoms with Gasteiger partial charge >= 0.3 is 0 Å². The van der Waals surface area contributed by atoms with Crippen molar-refractivity contribution in [2.75, 3.05) is 25.4 Å². The summed E-state index contributed by atoms with van der Waals surface area (Å²) < 4.78 is 2.62. The molecule has 3 rings (SSSR count). The van der Waals surface area contributed by atoms with Crippen LogP contribution in [-0.4, -0.2) is 34.1 Å². The molecule has 0 amide bonds. The third-order valence-electron chi connectivity index (χ3n) is 3.92. The molecule has 5 heteroatoms.